The maximum atomic E-state index is 6.89. The third-order valence-corrected chi connectivity index (χ3v) is 12.0. The van der Waals surface area contributed by atoms with Gasteiger partial charge in [-0.05, 0) is 114 Å². The van der Waals surface area contributed by atoms with Crippen molar-refractivity contribution in [2.45, 2.75) is 27.2 Å². The average Bonchev–Trinajstić information content (AvgIpc) is 3.88. The van der Waals surface area contributed by atoms with Crippen LogP contribution >= 0.6 is 0 Å². The van der Waals surface area contributed by atoms with Gasteiger partial charge in [0.1, 0.15) is 11.3 Å². The largest absolute Gasteiger partial charge is 0.456 e. The van der Waals surface area contributed by atoms with Crippen LogP contribution in [0.2, 0.25) is 0 Å². The quantitative estimate of drug-likeness (QED) is 0.174. The Morgan fingerprint density at radius 2 is 1.30 bits per heavy atom. The highest BCUT2D eigenvalue weighted by molar-refractivity contribution is 6.30. The molecule has 1 aliphatic rings. The Kier molecular flexibility index (Phi) is 7.34. The number of aromatic nitrogens is 2. The first-order chi connectivity index (χ1) is 27.6. The summed E-state index contributed by atoms with van der Waals surface area (Å²) in [5.41, 5.74) is 15.4. The second-order valence-corrected chi connectivity index (χ2v) is 15.3. The maximum absolute atomic E-state index is 6.89. The highest BCUT2D eigenvalue weighted by Gasteiger charge is 2.25. The van der Waals surface area contributed by atoms with Gasteiger partial charge in [0.15, 0.2) is 0 Å². The van der Waals surface area contributed by atoms with E-state index in [1.54, 1.807) is 0 Å². The summed E-state index contributed by atoms with van der Waals surface area (Å²) in [6.07, 6.45) is 9.88. The van der Waals surface area contributed by atoms with Crippen molar-refractivity contribution in [2.75, 3.05) is 0 Å². The standard InChI is InChI=1S/C53H40N2O/c1-4-12-49-34(3)43-32-44(38-22-27-39(28-23-38)54-46-18-11-10-17-42(46)45-31-33(2)19-29-47(45)54)52-51(53(43)56-49)50-41-16-9-8-15-37(41)24-30-48(50)55(52)40-25-20-36(21-26-40)35-13-6-5-7-14-35/h4-30,32-33H,31H2,1-3H3/b12-4-. The molecule has 0 amide bonds. The second kappa shape index (κ2) is 12.6. The number of fused-ring (bicyclic) bond motifs is 10. The molecule has 0 radical (unpaired) electrons. The SMILES string of the molecule is C/C=C\c1oc2c(cc(-c3ccc(-n4c5c(c6ccccc64)CC(C)C=C5)cc3)c3c2c2c4ccccc4ccc2n3-c2ccc(-c3ccccc3)cc2)c1C. The van der Waals surface area contributed by atoms with Crippen molar-refractivity contribution >= 4 is 66.6 Å². The number of benzene rings is 7. The van der Waals surface area contributed by atoms with Crippen molar-refractivity contribution in [3.63, 3.8) is 0 Å². The molecule has 56 heavy (non-hydrogen) atoms. The summed E-state index contributed by atoms with van der Waals surface area (Å²) < 4.78 is 11.8. The molecule has 1 unspecified atom stereocenters. The van der Waals surface area contributed by atoms with Crippen LogP contribution in [0, 0.1) is 12.8 Å². The van der Waals surface area contributed by atoms with Crippen LogP contribution in [0.3, 0.4) is 0 Å². The number of furan rings is 1. The third kappa shape index (κ3) is 4.84. The van der Waals surface area contributed by atoms with Gasteiger partial charge in [-0.15, -0.1) is 0 Å². The summed E-state index contributed by atoms with van der Waals surface area (Å²) in [6.45, 7) is 6.55. The molecule has 1 atom stereocenters. The minimum Gasteiger partial charge on any atom is -0.456 e. The number of hydrogen-bond donors (Lipinski definition) is 0. The number of aryl methyl sites for hydroxylation is 1. The van der Waals surface area contributed by atoms with E-state index < -0.39 is 0 Å². The molecule has 0 saturated carbocycles. The van der Waals surface area contributed by atoms with Gasteiger partial charge in [-0.25, -0.2) is 0 Å². The zero-order valence-electron chi connectivity index (χ0n) is 31.8. The molecule has 0 fully saturated rings. The van der Waals surface area contributed by atoms with E-state index in [-0.39, 0.29) is 0 Å². The van der Waals surface area contributed by atoms with Crippen molar-refractivity contribution in [3.05, 3.63) is 180 Å². The van der Waals surface area contributed by atoms with Crippen molar-refractivity contribution < 1.29 is 4.42 Å². The Balaban J connectivity index is 1.21. The number of nitrogens with zero attached hydrogens (tertiary/aromatic N) is 2. The predicted octanol–water partition coefficient (Wildman–Crippen LogP) is 14.5. The van der Waals surface area contributed by atoms with Gasteiger partial charge < -0.3 is 13.6 Å². The lowest BCUT2D eigenvalue weighted by Gasteiger charge is -2.16. The predicted molar refractivity (Wildman–Crippen MR) is 237 cm³/mol. The first-order valence-corrected chi connectivity index (χ1v) is 19.7. The molecular formula is C53H40N2O. The summed E-state index contributed by atoms with van der Waals surface area (Å²) in [5.74, 6) is 1.43. The molecule has 7 aromatic carbocycles. The Hall–Kier alpha value is -6.84. The Bertz CT molecular complexity index is 3220. The van der Waals surface area contributed by atoms with Gasteiger partial charge in [-0.1, -0.05) is 122 Å². The fourth-order valence-corrected chi connectivity index (χ4v) is 9.31. The minimum absolute atomic E-state index is 0.527. The molecule has 0 spiro atoms. The molecule has 3 heterocycles. The maximum Gasteiger partial charge on any atom is 0.145 e. The van der Waals surface area contributed by atoms with E-state index >= 15 is 0 Å². The van der Waals surface area contributed by atoms with Crippen LogP contribution in [0.25, 0.3) is 100 Å². The van der Waals surface area contributed by atoms with Gasteiger partial charge in [0.05, 0.1) is 21.9 Å². The monoisotopic (exact) mass is 720 g/mol. The molecule has 10 aromatic rings. The molecule has 1 aliphatic carbocycles. The molecule has 0 bridgehead atoms. The van der Waals surface area contributed by atoms with Crippen molar-refractivity contribution in [3.8, 4) is 33.6 Å². The van der Waals surface area contributed by atoms with E-state index in [0.29, 0.717) is 5.92 Å². The summed E-state index contributed by atoms with van der Waals surface area (Å²) in [7, 11) is 0. The normalized spacial score (nSPS) is 14.3. The first-order valence-electron chi connectivity index (χ1n) is 19.7. The lowest BCUT2D eigenvalue weighted by Crippen LogP contribution is -2.05. The summed E-state index contributed by atoms with van der Waals surface area (Å²) >= 11 is 0. The first kappa shape index (κ1) is 32.6. The Morgan fingerprint density at radius 3 is 2.09 bits per heavy atom. The van der Waals surface area contributed by atoms with E-state index in [1.807, 2.05) is 0 Å². The van der Waals surface area contributed by atoms with Crippen LogP contribution in [0.1, 0.15) is 36.4 Å². The van der Waals surface area contributed by atoms with E-state index in [2.05, 4.69) is 200 Å². The Morgan fingerprint density at radius 1 is 0.625 bits per heavy atom. The smallest absolute Gasteiger partial charge is 0.145 e. The third-order valence-electron chi connectivity index (χ3n) is 12.0. The molecule has 0 aliphatic heterocycles. The van der Waals surface area contributed by atoms with Gasteiger partial charge >= 0.3 is 0 Å². The molecular weight excluding hydrogens is 681 g/mol. The second-order valence-electron chi connectivity index (χ2n) is 15.3. The topological polar surface area (TPSA) is 23.0 Å². The molecule has 3 nitrogen and oxygen atoms in total. The highest BCUT2D eigenvalue weighted by atomic mass is 16.3. The van der Waals surface area contributed by atoms with Crippen molar-refractivity contribution in [1.82, 2.24) is 9.13 Å². The number of para-hydroxylation sites is 1. The van der Waals surface area contributed by atoms with Crippen LogP contribution in [0.15, 0.2) is 162 Å². The van der Waals surface area contributed by atoms with Gasteiger partial charge in [0, 0.05) is 44.4 Å². The van der Waals surface area contributed by atoms with Gasteiger partial charge in [0.2, 0.25) is 0 Å². The molecule has 0 N–H and O–H groups in total. The molecule has 268 valence electrons. The lowest BCUT2D eigenvalue weighted by molar-refractivity contribution is 0.604. The van der Waals surface area contributed by atoms with E-state index in [1.165, 1.54) is 60.7 Å². The zero-order chi connectivity index (χ0) is 37.5. The van der Waals surface area contributed by atoms with Crippen LogP contribution in [0.4, 0.5) is 0 Å². The number of allylic oxidation sites excluding steroid dienone is 2. The van der Waals surface area contributed by atoms with E-state index in [4.69, 9.17) is 4.42 Å². The van der Waals surface area contributed by atoms with Crippen LogP contribution in [-0.4, -0.2) is 9.13 Å². The molecule has 0 saturated heterocycles. The van der Waals surface area contributed by atoms with Gasteiger partial charge in [-0.3, -0.25) is 0 Å². The molecule has 11 rings (SSSR count). The van der Waals surface area contributed by atoms with E-state index in [9.17, 15) is 0 Å². The Labute approximate surface area is 326 Å². The van der Waals surface area contributed by atoms with Gasteiger partial charge in [0.25, 0.3) is 0 Å². The summed E-state index contributed by atoms with van der Waals surface area (Å²) in [6, 6.07) is 53.4. The average molecular weight is 721 g/mol. The van der Waals surface area contributed by atoms with Crippen LogP contribution in [0.5, 0.6) is 0 Å². The summed E-state index contributed by atoms with van der Waals surface area (Å²) in [5, 5.41) is 7.27. The fraction of sp³-hybridized carbons (Fsp3) is 0.0943. The fourth-order valence-electron chi connectivity index (χ4n) is 9.31. The highest BCUT2D eigenvalue weighted by Crippen LogP contribution is 2.47. The van der Waals surface area contributed by atoms with Crippen molar-refractivity contribution in [1.29, 1.82) is 0 Å². The van der Waals surface area contributed by atoms with Crippen molar-refractivity contribution in [2.24, 2.45) is 5.92 Å². The zero-order valence-corrected chi connectivity index (χ0v) is 31.8. The summed E-state index contributed by atoms with van der Waals surface area (Å²) in [4.78, 5) is 0. The molecule has 3 aromatic heterocycles. The van der Waals surface area contributed by atoms with Crippen LogP contribution < -0.4 is 0 Å². The van der Waals surface area contributed by atoms with E-state index in [0.717, 1.165) is 56.4 Å². The number of hydrogen-bond acceptors (Lipinski definition) is 1. The van der Waals surface area contributed by atoms with Gasteiger partial charge in [-0.2, -0.15) is 0 Å². The lowest BCUT2D eigenvalue weighted by atomic mass is 9.93. The molecule has 3 heteroatoms. The van der Waals surface area contributed by atoms with Crippen LogP contribution in [-0.2, 0) is 6.42 Å². The number of rotatable bonds is 5. The minimum atomic E-state index is 0.527.